The van der Waals surface area contributed by atoms with Crippen LogP contribution in [0.5, 0.6) is 5.75 Å². The second-order valence-electron chi connectivity index (χ2n) is 5.68. The Morgan fingerprint density at radius 3 is 2.78 bits per heavy atom. The van der Waals surface area contributed by atoms with Crippen LogP contribution in [0.2, 0.25) is 0 Å². The van der Waals surface area contributed by atoms with Gasteiger partial charge in [0, 0.05) is 17.7 Å². The normalized spacial score (nSPS) is 15.4. The molecule has 0 N–H and O–H groups in total. The average Bonchev–Trinajstić information content (AvgIpc) is 2.94. The van der Waals surface area contributed by atoms with E-state index in [1.807, 2.05) is 31.2 Å². The molecule has 8 heteroatoms. The van der Waals surface area contributed by atoms with Crippen molar-refractivity contribution in [2.24, 2.45) is 0 Å². The number of hydrogen-bond acceptors (Lipinski definition) is 6. The van der Waals surface area contributed by atoms with E-state index in [1.165, 1.54) is 23.1 Å². The Bertz CT molecular complexity index is 943. The van der Waals surface area contributed by atoms with Gasteiger partial charge in [0.2, 0.25) is 0 Å². The summed E-state index contributed by atoms with van der Waals surface area (Å²) in [5.41, 5.74) is 1.07. The number of thioether (sulfide) groups is 1. The summed E-state index contributed by atoms with van der Waals surface area (Å²) in [6.45, 7) is 2.60. The van der Waals surface area contributed by atoms with Crippen LogP contribution in [0.25, 0.3) is 6.08 Å². The molecule has 0 aromatic heterocycles. The molecule has 1 aliphatic heterocycles. The summed E-state index contributed by atoms with van der Waals surface area (Å²) >= 11 is 6.49. The fraction of sp³-hybridized carbons (Fsp3) is 0.158. The maximum absolute atomic E-state index is 12.9. The molecule has 0 unspecified atom stereocenters. The summed E-state index contributed by atoms with van der Waals surface area (Å²) < 4.78 is 6.06. The molecule has 2 aromatic carbocycles. The van der Waals surface area contributed by atoms with Crippen LogP contribution in [0, 0.1) is 10.1 Å². The second kappa shape index (κ2) is 8.32. The van der Waals surface area contributed by atoms with Crippen molar-refractivity contribution >= 4 is 51.7 Å². The molecule has 2 aromatic rings. The van der Waals surface area contributed by atoms with Gasteiger partial charge in [-0.05, 0) is 24.6 Å². The van der Waals surface area contributed by atoms with Crippen LogP contribution in [-0.4, -0.2) is 21.8 Å². The summed E-state index contributed by atoms with van der Waals surface area (Å²) in [5, 5.41) is 11.0. The minimum Gasteiger partial charge on any atom is -0.493 e. The first-order valence-corrected chi connectivity index (χ1v) is 9.48. The van der Waals surface area contributed by atoms with Gasteiger partial charge >= 0.3 is 0 Å². The van der Waals surface area contributed by atoms with Gasteiger partial charge < -0.3 is 4.74 Å². The Morgan fingerprint density at radius 2 is 2.04 bits per heavy atom. The third-order valence-corrected chi connectivity index (χ3v) is 5.06. The van der Waals surface area contributed by atoms with E-state index in [0.29, 0.717) is 27.3 Å². The molecule has 0 atom stereocenters. The van der Waals surface area contributed by atoms with Gasteiger partial charge in [-0.15, -0.1) is 0 Å². The number of carbonyl (C=O) groups excluding carboxylic acids is 1. The second-order valence-corrected chi connectivity index (χ2v) is 7.36. The minimum absolute atomic E-state index is 0.0937. The van der Waals surface area contributed by atoms with Crippen molar-refractivity contribution in [3.05, 3.63) is 69.1 Å². The molecule has 138 valence electrons. The number of nitrogens with zero attached hydrogens (tertiary/aromatic N) is 2. The van der Waals surface area contributed by atoms with E-state index >= 15 is 0 Å². The molecule has 3 rings (SSSR count). The highest BCUT2D eigenvalue weighted by Crippen LogP contribution is 2.37. The minimum atomic E-state index is -0.502. The quantitative estimate of drug-likeness (QED) is 0.300. The van der Waals surface area contributed by atoms with Crippen molar-refractivity contribution in [2.75, 3.05) is 11.5 Å². The largest absolute Gasteiger partial charge is 0.493 e. The molecule has 0 aliphatic carbocycles. The van der Waals surface area contributed by atoms with Gasteiger partial charge in [0.05, 0.1) is 22.1 Å². The number of rotatable bonds is 6. The topological polar surface area (TPSA) is 72.7 Å². The number of anilines is 1. The molecule has 1 saturated heterocycles. The third-order valence-electron chi connectivity index (χ3n) is 3.76. The van der Waals surface area contributed by atoms with Crippen molar-refractivity contribution in [1.29, 1.82) is 0 Å². The number of nitro benzene ring substituents is 1. The molecule has 1 amide bonds. The number of nitro groups is 1. The zero-order valence-corrected chi connectivity index (χ0v) is 16.1. The SMILES string of the molecule is CCCOc1ccccc1/C=C1\SC(=S)N(c2cccc([N+](=O)[O-])c2)C1=O. The van der Waals surface area contributed by atoms with Crippen LogP contribution in [0.4, 0.5) is 11.4 Å². The number of para-hydroxylation sites is 1. The van der Waals surface area contributed by atoms with E-state index in [4.69, 9.17) is 17.0 Å². The number of hydrogen-bond donors (Lipinski definition) is 0. The van der Waals surface area contributed by atoms with E-state index in [2.05, 4.69) is 0 Å². The zero-order chi connectivity index (χ0) is 19.4. The van der Waals surface area contributed by atoms with E-state index in [9.17, 15) is 14.9 Å². The fourth-order valence-corrected chi connectivity index (χ4v) is 3.81. The van der Waals surface area contributed by atoms with Crippen LogP contribution < -0.4 is 9.64 Å². The van der Waals surface area contributed by atoms with Gasteiger partial charge in [-0.25, -0.2) is 0 Å². The van der Waals surface area contributed by atoms with Crippen molar-refractivity contribution in [1.82, 2.24) is 0 Å². The number of carbonyl (C=O) groups is 1. The van der Waals surface area contributed by atoms with Gasteiger partial charge in [0.25, 0.3) is 11.6 Å². The first-order chi connectivity index (χ1) is 13.0. The molecular formula is C19H16N2O4S2. The Hall–Kier alpha value is -2.71. The fourth-order valence-electron chi connectivity index (χ4n) is 2.52. The molecule has 1 heterocycles. The third kappa shape index (κ3) is 4.17. The predicted octanol–water partition coefficient (Wildman–Crippen LogP) is 4.79. The lowest BCUT2D eigenvalue weighted by atomic mass is 10.2. The maximum atomic E-state index is 12.9. The van der Waals surface area contributed by atoms with Crippen LogP contribution in [0.15, 0.2) is 53.4 Å². The smallest absolute Gasteiger partial charge is 0.271 e. The number of ether oxygens (including phenoxy) is 1. The van der Waals surface area contributed by atoms with Gasteiger partial charge in [0.15, 0.2) is 4.32 Å². The molecule has 0 spiro atoms. The number of thiocarbonyl (C=S) groups is 1. The van der Waals surface area contributed by atoms with Gasteiger partial charge in [-0.2, -0.15) is 0 Å². The molecule has 6 nitrogen and oxygen atoms in total. The lowest BCUT2D eigenvalue weighted by molar-refractivity contribution is -0.384. The van der Waals surface area contributed by atoms with E-state index in [0.717, 1.165) is 23.7 Å². The Balaban J connectivity index is 1.92. The Labute approximate surface area is 166 Å². The van der Waals surface area contributed by atoms with Crippen molar-refractivity contribution in [3.63, 3.8) is 0 Å². The molecule has 0 bridgehead atoms. The summed E-state index contributed by atoms with van der Waals surface area (Å²) in [7, 11) is 0. The van der Waals surface area contributed by atoms with Crippen LogP contribution in [0.1, 0.15) is 18.9 Å². The van der Waals surface area contributed by atoms with E-state index in [1.54, 1.807) is 12.1 Å². The summed E-state index contributed by atoms with van der Waals surface area (Å²) in [4.78, 5) is 25.1. The van der Waals surface area contributed by atoms with Gasteiger partial charge in [-0.3, -0.25) is 19.8 Å². The predicted molar refractivity (Wildman–Crippen MR) is 111 cm³/mol. The zero-order valence-electron chi connectivity index (χ0n) is 14.5. The van der Waals surface area contributed by atoms with Crippen molar-refractivity contribution in [2.45, 2.75) is 13.3 Å². The van der Waals surface area contributed by atoms with Crippen LogP contribution in [0.3, 0.4) is 0 Å². The maximum Gasteiger partial charge on any atom is 0.271 e. The summed E-state index contributed by atoms with van der Waals surface area (Å²) in [6, 6.07) is 13.3. The van der Waals surface area contributed by atoms with Crippen molar-refractivity contribution < 1.29 is 14.5 Å². The van der Waals surface area contributed by atoms with Gasteiger partial charge in [0.1, 0.15) is 5.75 Å². The van der Waals surface area contributed by atoms with Crippen LogP contribution >= 0.6 is 24.0 Å². The molecule has 1 fully saturated rings. The standard InChI is InChI=1S/C19H16N2O4S2/c1-2-10-25-16-9-4-3-6-13(16)11-17-18(22)20(19(26)27-17)14-7-5-8-15(12-14)21(23)24/h3-9,11-12H,2,10H2,1H3/b17-11-. The number of non-ortho nitro benzene ring substituents is 1. The lowest BCUT2D eigenvalue weighted by Crippen LogP contribution is -2.27. The van der Waals surface area contributed by atoms with E-state index in [-0.39, 0.29) is 11.6 Å². The molecule has 0 radical (unpaired) electrons. The molecular weight excluding hydrogens is 384 g/mol. The monoisotopic (exact) mass is 400 g/mol. The summed E-state index contributed by atoms with van der Waals surface area (Å²) in [5.74, 6) is 0.385. The lowest BCUT2D eigenvalue weighted by Gasteiger charge is -2.14. The van der Waals surface area contributed by atoms with Crippen LogP contribution in [-0.2, 0) is 4.79 Å². The Morgan fingerprint density at radius 1 is 1.26 bits per heavy atom. The molecule has 27 heavy (non-hydrogen) atoms. The first kappa shape index (κ1) is 19.1. The van der Waals surface area contributed by atoms with Gasteiger partial charge in [-0.1, -0.05) is 55.2 Å². The average molecular weight is 400 g/mol. The number of benzene rings is 2. The highest BCUT2D eigenvalue weighted by Gasteiger charge is 2.34. The Kier molecular flexibility index (Phi) is 5.88. The summed E-state index contributed by atoms with van der Waals surface area (Å²) in [6.07, 6.45) is 2.62. The molecule has 0 saturated carbocycles. The first-order valence-electron chi connectivity index (χ1n) is 8.25. The van der Waals surface area contributed by atoms with E-state index < -0.39 is 4.92 Å². The highest BCUT2D eigenvalue weighted by atomic mass is 32.2. The van der Waals surface area contributed by atoms with Crippen molar-refractivity contribution in [3.8, 4) is 5.75 Å². The molecule has 1 aliphatic rings. The number of amides is 1. The highest BCUT2D eigenvalue weighted by molar-refractivity contribution is 8.27.